The Kier molecular flexibility index (Phi) is 2.56. The summed E-state index contributed by atoms with van der Waals surface area (Å²) in [5, 5.41) is 8.22. The monoisotopic (exact) mass is 271 g/mol. The average Bonchev–Trinajstić information content (AvgIpc) is 3.05. The molecule has 0 radical (unpaired) electrons. The Morgan fingerprint density at radius 3 is 2.65 bits per heavy atom. The maximum atomic E-state index is 13.8. The molecule has 88 valence electrons. The number of nitrogens with zero attached hydrogens (tertiary/aromatic N) is 3. The maximum absolute atomic E-state index is 13.8. The van der Waals surface area contributed by atoms with E-state index in [2.05, 4.69) is 10.2 Å². The summed E-state index contributed by atoms with van der Waals surface area (Å²) in [4.78, 5) is 0. The molecule has 3 nitrogen and oxygen atoms in total. The first kappa shape index (κ1) is 11.0. The minimum absolute atomic E-state index is 0.138. The van der Waals surface area contributed by atoms with Crippen LogP contribution in [-0.2, 0) is 0 Å². The number of halogens is 3. The fourth-order valence-electron chi connectivity index (χ4n) is 1.79. The average molecular weight is 272 g/mol. The van der Waals surface area contributed by atoms with Gasteiger partial charge in [-0.1, -0.05) is 17.7 Å². The van der Waals surface area contributed by atoms with E-state index in [4.69, 9.17) is 23.2 Å². The fourth-order valence-corrected chi connectivity index (χ4v) is 2.25. The Morgan fingerprint density at radius 1 is 1.24 bits per heavy atom. The van der Waals surface area contributed by atoms with Crippen LogP contribution in [0, 0.1) is 5.82 Å². The van der Waals surface area contributed by atoms with Crippen molar-refractivity contribution in [1.29, 1.82) is 0 Å². The summed E-state index contributed by atoms with van der Waals surface area (Å²) >= 11 is 12.0. The zero-order valence-corrected chi connectivity index (χ0v) is 10.2. The number of hydrogen-bond donors (Lipinski definition) is 0. The van der Waals surface area contributed by atoms with Crippen LogP contribution in [0.2, 0.25) is 10.3 Å². The Hall–Kier alpha value is -1.13. The van der Waals surface area contributed by atoms with Crippen LogP contribution in [-0.4, -0.2) is 14.8 Å². The molecule has 1 fully saturated rings. The first-order chi connectivity index (χ1) is 8.18. The molecule has 0 spiro atoms. The largest absolute Gasteiger partial charge is 0.265 e. The molecule has 0 saturated heterocycles. The van der Waals surface area contributed by atoms with Gasteiger partial charge < -0.3 is 0 Å². The maximum Gasteiger partial charge on any atom is 0.229 e. The predicted octanol–water partition coefficient (Wildman–Crippen LogP) is 3.59. The highest BCUT2D eigenvalue weighted by Gasteiger charge is 2.31. The second kappa shape index (κ2) is 3.96. The van der Waals surface area contributed by atoms with E-state index in [0.29, 0.717) is 16.8 Å². The topological polar surface area (TPSA) is 30.7 Å². The van der Waals surface area contributed by atoms with E-state index in [1.165, 1.54) is 10.6 Å². The highest BCUT2D eigenvalue weighted by atomic mass is 35.5. The summed E-state index contributed by atoms with van der Waals surface area (Å²) in [6.07, 6.45) is 2.06. The summed E-state index contributed by atoms with van der Waals surface area (Å²) in [6, 6.07) is 4.51. The van der Waals surface area contributed by atoms with Gasteiger partial charge in [0.25, 0.3) is 0 Å². The molecule has 1 heterocycles. The van der Waals surface area contributed by atoms with Gasteiger partial charge in [-0.15, -0.1) is 10.2 Å². The first-order valence-corrected chi connectivity index (χ1v) is 5.99. The molecule has 1 aliphatic rings. The molecule has 0 N–H and O–H groups in total. The van der Waals surface area contributed by atoms with E-state index in [9.17, 15) is 4.39 Å². The molecule has 1 aliphatic carbocycles. The third kappa shape index (κ3) is 1.81. The van der Waals surface area contributed by atoms with Gasteiger partial charge in [-0.05, 0) is 36.6 Å². The summed E-state index contributed by atoms with van der Waals surface area (Å²) in [5.74, 6) is 0.564. The van der Waals surface area contributed by atoms with Crippen LogP contribution in [0.4, 0.5) is 4.39 Å². The first-order valence-electron chi connectivity index (χ1n) is 5.23. The summed E-state index contributed by atoms with van der Waals surface area (Å²) < 4.78 is 15.3. The van der Waals surface area contributed by atoms with Crippen LogP contribution in [0.3, 0.4) is 0 Å². The molecule has 6 heteroatoms. The normalized spacial score (nSPS) is 15.2. The van der Waals surface area contributed by atoms with Crippen molar-refractivity contribution in [3.05, 3.63) is 40.1 Å². The van der Waals surface area contributed by atoms with Gasteiger partial charge in [-0.3, -0.25) is 4.57 Å². The molecule has 0 aliphatic heterocycles. The van der Waals surface area contributed by atoms with Gasteiger partial charge in [0.1, 0.15) is 17.3 Å². The van der Waals surface area contributed by atoms with Crippen molar-refractivity contribution < 1.29 is 4.39 Å². The highest BCUT2D eigenvalue weighted by molar-refractivity contribution is 6.33. The van der Waals surface area contributed by atoms with Crippen LogP contribution < -0.4 is 0 Å². The molecule has 1 aromatic heterocycles. The van der Waals surface area contributed by atoms with Gasteiger partial charge in [0.2, 0.25) is 5.28 Å². The fraction of sp³-hybridized carbons (Fsp3) is 0.273. The summed E-state index contributed by atoms with van der Waals surface area (Å²) in [7, 11) is 0. The summed E-state index contributed by atoms with van der Waals surface area (Å²) in [6.45, 7) is 0. The number of rotatable bonds is 2. The van der Waals surface area contributed by atoms with Crippen molar-refractivity contribution in [1.82, 2.24) is 14.8 Å². The van der Waals surface area contributed by atoms with Crippen molar-refractivity contribution in [3.63, 3.8) is 0 Å². The number of para-hydroxylation sites is 1. The van der Waals surface area contributed by atoms with Gasteiger partial charge in [0.15, 0.2) is 0 Å². The lowest BCUT2D eigenvalue weighted by Crippen LogP contribution is -2.03. The van der Waals surface area contributed by atoms with E-state index >= 15 is 0 Å². The van der Waals surface area contributed by atoms with E-state index < -0.39 is 5.82 Å². The Bertz CT molecular complexity index is 558. The Labute approximate surface area is 107 Å². The lowest BCUT2D eigenvalue weighted by Gasteiger charge is -2.09. The van der Waals surface area contributed by atoms with Gasteiger partial charge in [-0.2, -0.15) is 0 Å². The minimum atomic E-state index is -0.430. The standard InChI is InChI=1S/C11H8Cl2FN3/c12-7-2-1-3-8(14)9(7)17-10(6-4-5-6)15-16-11(17)13/h1-3,6H,4-5H2. The van der Waals surface area contributed by atoms with Gasteiger partial charge in [-0.25, -0.2) is 4.39 Å². The Morgan fingerprint density at radius 2 is 2.00 bits per heavy atom. The van der Waals surface area contributed by atoms with Crippen LogP contribution >= 0.6 is 23.2 Å². The minimum Gasteiger partial charge on any atom is -0.265 e. The second-order valence-electron chi connectivity index (χ2n) is 4.01. The lowest BCUT2D eigenvalue weighted by molar-refractivity contribution is 0.615. The molecular weight excluding hydrogens is 264 g/mol. The van der Waals surface area contributed by atoms with Crippen LogP contribution in [0.1, 0.15) is 24.6 Å². The molecule has 0 amide bonds. The number of benzene rings is 1. The third-order valence-electron chi connectivity index (χ3n) is 2.75. The SMILES string of the molecule is Fc1cccc(Cl)c1-n1c(Cl)nnc1C1CC1. The van der Waals surface area contributed by atoms with Crippen molar-refractivity contribution in [2.45, 2.75) is 18.8 Å². The van der Waals surface area contributed by atoms with Crippen LogP contribution in [0.5, 0.6) is 0 Å². The Balaban J connectivity index is 2.24. The van der Waals surface area contributed by atoms with Gasteiger partial charge >= 0.3 is 0 Å². The van der Waals surface area contributed by atoms with Gasteiger partial charge in [0, 0.05) is 5.92 Å². The molecule has 0 atom stereocenters. The molecule has 0 bridgehead atoms. The molecule has 1 aromatic carbocycles. The number of hydrogen-bond acceptors (Lipinski definition) is 2. The molecule has 2 aromatic rings. The third-order valence-corrected chi connectivity index (χ3v) is 3.30. The van der Waals surface area contributed by atoms with Crippen molar-refractivity contribution >= 4 is 23.2 Å². The van der Waals surface area contributed by atoms with Gasteiger partial charge in [0.05, 0.1) is 5.02 Å². The lowest BCUT2D eigenvalue weighted by atomic mass is 10.3. The number of aromatic nitrogens is 3. The quantitative estimate of drug-likeness (QED) is 0.836. The second-order valence-corrected chi connectivity index (χ2v) is 4.75. The molecule has 3 rings (SSSR count). The van der Waals surface area contributed by atoms with Crippen LogP contribution in [0.25, 0.3) is 5.69 Å². The van der Waals surface area contributed by atoms with Crippen molar-refractivity contribution in [2.24, 2.45) is 0 Å². The summed E-state index contributed by atoms with van der Waals surface area (Å²) in [5.41, 5.74) is 0.228. The van der Waals surface area contributed by atoms with E-state index in [1.807, 2.05) is 0 Å². The highest BCUT2D eigenvalue weighted by Crippen LogP contribution is 2.41. The van der Waals surface area contributed by atoms with Crippen LogP contribution in [0.15, 0.2) is 18.2 Å². The molecule has 17 heavy (non-hydrogen) atoms. The molecular formula is C11H8Cl2FN3. The smallest absolute Gasteiger partial charge is 0.229 e. The van der Waals surface area contributed by atoms with Crippen molar-refractivity contribution in [3.8, 4) is 5.69 Å². The zero-order valence-electron chi connectivity index (χ0n) is 8.70. The predicted molar refractivity (Wildman–Crippen MR) is 63.3 cm³/mol. The zero-order chi connectivity index (χ0) is 12.0. The van der Waals surface area contributed by atoms with E-state index in [1.54, 1.807) is 12.1 Å². The van der Waals surface area contributed by atoms with Crippen molar-refractivity contribution in [2.75, 3.05) is 0 Å². The van der Waals surface area contributed by atoms with E-state index in [-0.39, 0.29) is 11.0 Å². The van der Waals surface area contributed by atoms with E-state index in [0.717, 1.165) is 12.8 Å². The molecule has 1 saturated carbocycles. The molecule has 0 unspecified atom stereocenters.